The van der Waals surface area contributed by atoms with E-state index in [2.05, 4.69) is 21.5 Å². The Bertz CT molecular complexity index is 471. The second-order valence-corrected chi connectivity index (χ2v) is 7.38. The van der Waals surface area contributed by atoms with Gasteiger partial charge in [0.05, 0.1) is 0 Å². The summed E-state index contributed by atoms with van der Waals surface area (Å²) in [6, 6.07) is 0. The first-order chi connectivity index (χ1) is 13.6. The van der Waals surface area contributed by atoms with Gasteiger partial charge in [-0.1, -0.05) is 0 Å². The predicted octanol–water partition coefficient (Wildman–Crippen LogP) is -0.896. The molecule has 0 heterocycles. The zero-order valence-electron chi connectivity index (χ0n) is 18.3. The van der Waals surface area contributed by atoms with Crippen LogP contribution in [-0.2, 0) is 19.1 Å². The molecule has 0 aromatic rings. The lowest BCUT2D eigenvalue weighted by Gasteiger charge is -2.19. The maximum Gasteiger partial charge on any atom is 0.414 e. The summed E-state index contributed by atoms with van der Waals surface area (Å²) in [6.45, 7) is 12.9. The van der Waals surface area contributed by atoms with E-state index < -0.39 is 35.3 Å². The molecular formula is C16H36N6O8. The van der Waals surface area contributed by atoms with Gasteiger partial charge in [-0.05, 0) is 41.5 Å². The van der Waals surface area contributed by atoms with E-state index in [4.69, 9.17) is 41.0 Å². The molecule has 14 heteroatoms. The van der Waals surface area contributed by atoms with Gasteiger partial charge in [0.2, 0.25) is 0 Å². The lowest BCUT2D eigenvalue weighted by atomic mass is 10.2. The third kappa shape index (κ3) is 32.9. The van der Waals surface area contributed by atoms with Crippen LogP contribution < -0.4 is 33.2 Å². The van der Waals surface area contributed by atoms with Crippen LogP contribution in [0, 0.1) is 0 Å². The predicted molar refractivity (Wildman–Crippen MR) is 108 cm³/mol. The van der Waals surface area contributed by atoms with E-state index in [1.54, 1.807) is 0 Å². The first-order valence-electron chi connectivity index (χ1n) is 8.82. The van der Waals surface area contributed by atoms with E-state index in [0.29, 0.717) is 26.2 Å². The number of hydrazine groups is 2. The van der Waals surface area contributed by atoms with Crippen molar-refractivity contribution in [3.8, 4) is 0 Å². The molecule has 0 fully saturated rings. The molecule has 14 nitrogen and oxygen atoms in total. The van der Waals surface area contributed by atoms with Crippen LogP contribution in [0.5, 0.6) is 0 Å². The molecular weight excluding hydrogens is 404 g/mol. The van der Waals surface area contributed by atoms with E-state index in [-0.39, 0.29) is 0 Å². The van der Waals surface area contributed by atoms with Crippen molar-refractivity contribution >= 4 is 24.1 Å². The van der Waals surface area contributed by atoms with E-state index >= 15 is 0 Å². The number of aliphatic carboxylic acids is 2. The Labute approximate surface area is 176 Å². The second-order valence-electron chi connectivity index (χ2n) is 7.38. The fourth-order valence-electron chi connectivity index (χ4n) is 1.10. The average molecular weight is 440 g/mol. The molecule has 0 spiro atoms. The Morgan fingerprint density at radius 1 is 0.667 bits per heavy atom. The van der Waals surface area contributed by atoms with Crippen LogP contribution in [0.3, 0.4) is 0 Å². The minimum Gasteiger partial charge on any atom is -0.473 e. The molecule has 10 N–H and O–H groups in total. The fraction of sp³-hybridized carbons (Fsp3) is 0.750. The number of amides is 2. The van der Waals surface area contributed by atoms with Crippen LogP contribution in [-0.4, -0.2) is 71.7 Å². The van der Waals surface area contributed by atoms with Crippen molar-refractivity contribution in [2.24, 2.45) is 11.7 Å². The Hall–Kier alpha value is -2.68. The smallest absolute Gasteiger partial charge is 0.414 e. The van der Waals surface area contributed by atoms with Gasteiger partial charge >= 0.3 is 24.1 Å². The van der Waals surface area contributed by atoms with Gasteiger partial charge in [0.15, 0.2) is 0 Å². The lowest BCUT2D eigenvalue weighted by molar-refractivity contribution is -0.159. The third-order valence-corrected chi connectivity index (χ3v) is 2.06. The highest BCUT2D eigenvalue weighted by atomic mass is 16.6. The van der Waals surface area contributed by atoms with Gasteiger partial charge < -0.3 is 30.3 Å². The Morgan fingerprint density at radius 2 is 0.933 bits per heavy atom. The molecule has 0 bridgehead atoms. The molecule has 0 unspecified atom stereocenters. The summed E-state index contributed by atoms with van der Waals surface area (Å²) in [5.74, 6) is 6.35. The molecule has 0 radical (unpaired) electrons. The van der Waals surface area contributed by atoms with Gasteiger partial charge in [0, 0.05) is 26.2 Å². The zero-order valence-corrected chi connectivity index (χ0v) is 18.3. The summed E-state index contributed by atoms with van der Waals surface area (Å²) in [6.07, 6.45) is -0.837. The van der Waals surface area contributed by atoms with Crippen LogP contribution >= 0.6 is 0 Å². The molecule has 0 saturated heterocycles. The minimum absolute atomic E-state index is 0.419. The highest BCUT2D eigenvalue weighted by molar-refractivity contribution is 6.27. The quantitative estimate of drug-likeness (QED) is 0.109. The molecule has 0 atom stereocenters. The van der Waals surface area contributed by atoms with Gasteiger partial charge in [0.25, 0.3) is 0 Å². The van der Waals surface area contributed by atoms with Crippen molar-refractivity contribution in [3.05, 3.63) is 0 Å². The first kappa shape index (κ1) is 32.0. The molecule has 0 aliphatic heterocycles. The van der Waals surface area contributed by atoms with Crippen molar-refractivity contribution in [1.29, 1.82) is 0 Å². The molecule has 2 amide bonds. The number of hydrogen-bond acceptors (Lipinski definition) is 10. The molecule has 0 aliphatic carbocycles. The van der Waals surface area contributed by atoms with Gasteiger partial charge in [-0.25, -0.2) is 19.2 Å². The number of hydrogen-bond donors (Lipinski definition) is 8. The monoisotopic (exact) mass is 440 g/mol. The topological polar surface area (TPSA) is 227 Å². The van der Waals surface area contributed by atoms with Crippen molar-refractivity contribution in [2.75, 3.05) is 26.2 Å². The van der Waals surface area contributed by atoms with Crippen LogP contribution in [0.1, 0.15) is 41.5 Å². The molecule has 178 valence electrons. The van der Waals surface area contributed by atoms with E-state index in [1.165, 1.54) is 0 Å². The van der Waals surface area contributed by atoms with Gasteiger partial charge in [-0.15, -0.1) is 0 Å². The maximum absolute atomic E-state index is 10.9. The Morgan fingerprint density at radius 3 is 1.10 bits per heavy atom. The van der Waals surface area contributed by atoms with Crippen molar-refractivity contribution in [3.63, 3.8) is 0 Å². The van der Waals surface area contributed by atoms with E-state index in [0.717, 1.165) is 0 Å². The average Bonchev–Trinajstić information content (AvgIpc) is 2.53. The van der Waals surface area contributed by atoms with Gasteiger partial charge in [0.1, 0.15) is 11.2 Å². The maximum atomic E-state index is 10.9. The molecule has 0 aromatic carbocycles. The van der Waals surface area contributed by atoms with Crippen molar-refractivity contribution in [2.45, 2.75) is 52.7 Å². The second kappa shape index (κ2) is 17.2. The highest BCUT2D eigenvalue weighted by Crippen LogP contribution is 2.06. The lowest BCUT2D eigenvalue weighted by Crippen LogP contribution is -2.37. The first-order valence-corrected chi connectivity index (χ1v) is 8.82. The minimum atomic E-state index is -1.82. The molecule has 0 aliphatic rings. The Balaban J connectivity index is -0.000000386. The summed E-state index contributed by atoms with van der Waals surface area (Å²) in [5.41, 5.74) is 3.94. The number of alkyl carbamates (subject to hydrolysis) is 2. The summed E-state index contributed by atoms with van der Waals surface area (Å²) in [5, 5.41) is 19.9. The molecule has 0 saturated carbocycles. The Kier molecular flexibility index (Phi) is 18.3. The number of nitrogens with one attached hydrogen (secondary N) is 4. The van der Waals surface area contributed by atoms with Crippen LogP contribution in [0.4, 0.5) is 9.59 Å². The van der Waals surface area contributed by atoms with Crippen molar-refractivity contribution in [1.82, 2.24) is 21.5 Å². The molecule has 0 aromatic heterocycles. The number of carboxylic acid groups (broad SMARTS) is 2. The van der Waals surface area contributed by atoms with Crippen LogP contribution in [0.15, 0.2) is 0 Å². The third-order valence-electron chi connectivity index (χ3n) is 2.06. The molecule has 0 rings (SSSR count). The van der Waals surface area contributed by atoms with E-state index in [1.807, 2.05) is 41.5 Å². The largest absolute Gasteiger partial charge is 0.473 e. The van der Waals surface area contributed by atoms with Gasteiger partial charge in [-0.2, -0.15) is 0 Å². The normalized spacial score (nSPS) is 10.3. The highest BCUT2D eigenvalue weighted by Gasteiger charge is 2.15. The number of nitrogens with two attached hydrogens (primary N) is 2. The number of carbonyl (C=O) groups is 4. The number of ether oxygens (including phenoxy) is 2. The molecule has 30 heavy (non-hydrogen) atoms. The number of carbonyl (C=O) groups excluding carboxylic acids is 2. The summed E-state index contributed by atoms with van der Waals surface area (Å²) in [7, 11) is 0. The number of rotatable bonds is 6. The summed E-state index contributed by atoms with van der Waals surface area (Å²) >= 11 is 0. The standard InChI is InChI=1S/2C7H17N3O2.C2H2O4/c2*1-7(2,3)12-6(11)9-4-5-10-8;3-1(4)2(5)6/h2*10H,4-5,8H2,1-3H3,(H,9,11);(H,3,4)(H,5,6). The SMILES string of the molecule is CC(C)(C)OC(=O)NCCNN.CC(C)(C)OC(=O)NCCNN.O=C(O)C(=O)O. The number of carboxylic acids is 2. The summed E-state index contributed by atoms with van der Waals surface area (Å²) in [4.78, 5) is 40.1. The zero-order chi connectivity index (χ0) is 24.4. The summed E-state index contributed by atoms with van der Waals surface area (Å²) < 4.78 is 9.93. The fourth-order valence-corrected chi connectivity index (χ4v) is 1.10. The van der Waals surface area contributed by atoms with Crippen LogP contribution in [0.2, 0.25) is 0 Å². The van der Waals surface area contributed by atoms with Gasteiger partial charge in [-0.3, -0.25) is 22.5 Å². The van der Waals surface area contributed by atoms with Crippen LogP contribution in [0.25, 0.3) is 0 Å². The van der Waals surface area contributed by atoms with E-state index in [9.17, 15) is 9.59 Å². The van der Waals surface area contributed by atoms with Crippen molar-refractivity contribution < 1.29 is 38.9 Å².